The van der Waals surface area contributed by atoms with E-state index in [-0.39, 0.29) is 5.56 Å². The number of aromatic nitrogens is 4. The summed E-state index contributed by atoms with van der Waals surface area (Å²) in [6, 6.07) is 10.3. The van der Waals surface area contributed by atoms with Gasteiger partial charge in [-0.05, 0) is 36.8 Å². The van der Waals surface area contributed by atoms with Crippen molar-refractivity contribution in [3.05, 3.63) is 68.7 Å². The molecule has 1 N–H and O–H groups in total. The molecule has 6 rings (SSSR count). The summed E-state index contributed by atoms with van der Waals surface area (Å²) in [5, 5.41) is 4.93. The lowest BCUT2D eigenvalue weighted by Crippen LogP contribution is -2.12. The summed E-state index contributed by atoms with van der Waals surface area (Å²) < 4.78 is 0. The number of hydrogen-bond donors (Lipinski definition) is 1. The van der Waals surface area contributed by atoms with Crippen LogP contribution in [0.25, 0.3) is 31.6 Å². The Balaban J connectivity index is 1.36. The average molecular weight is 463 g/mol. The molecule has 0 bridgehead atoms. The number of thioether (sulfide) groups is 1. The fourth-order valence-electron chi connectivity index (χ4n) is 4.20. The van der Waals surface area contributed by atoms with Gasteiger partial charge in [-0.15, -0.1) is 22.7 Å². The minimum atomic E-state index is -0.00616. The maximum Gasteiger partial charge on any atom is 0.259 e. The van der Waals surface area contributed by atoms with Gasteiger partial charge in [-0.3, -0.25) is 4.79 Å². The van der Waals surface area contributed by atoms with Gasteiger partial charge in [0, 0.05) is 15.8 Å². The number of aryl methyl sites for hydroxylation is 2. The van der Waals surface area contributed by atoms with Crippen molar-refractivity contribution in [2.45, 2.75) is 36.5 Å². The highest BCUT2D eigenvalue weighted by Crippen LogP contribution is 2.39. The summed E-state index contributed by atoms with van der Waals surface area (Å²) >= 11 is 4.91. The molecule has 0 spiro atoms. The molecule has 4 aromatic heterocycles. The van der Waals surface area contributed by atoms with Crippen molar-refractivity contribution < 1.29 is 0 Å². The van der Waals surface area contributed by atoms with Crippen LogP contribution in [0.2, 0.25) is 0 Å². The highest BCUT2D eigenvalue weighted by molar-refractivity contribution is 7.98. The zero-order chi connectivity index (χ0) is 20.8. The van der Waals surface area contributed by atoms with E-state index in [1.807, 2.05) is 18.2 Å². The fraction of sp³-hybridized carbons (Fsp3) is 0.217. The van der Waals surface area contributed by atoms with Crippen molar-refractivity contribution in [2.75, 3.05) is 0 Å². The molecule has 1 aliphatic carbocycles. The van der Waals surface area contributed by atoms with E-state index in [0.29, 0.717) is 11.6 Å². The standard InChI is InChI=1S/C23H18N4OS3/c28-20-18-14-8-4-5-9-16(14)31-23(18)27-17(26-20)11-30-22-19-15(13-6-2-1-3-7-13)10-29-21(19)24-12-25-22/h1-3,6-7,10,12H,4-5,8-9,11H2,(H,26,27,28). The van der Waals surface area contributed by atoms with Crippen molar-refractivity contribution in [2.24, 2.45) is 0 Å². The second-order valence-corrected chi connectivity index (χ2v) is 10.5. The van der Waals surface area contributed by atoms with Crippen LogP contribution < -0.4 is 5.56 Å². The molecule has 0 fully saturated rings. The van der Waals surface area contributed by atoms with Gasteiger partial charge in [0.1, 0.15) is 26.8 Å². The molecule has 0 unspecified atom stereocenters. The van der Waals surface area contributed by atoms with Crippen LogP contribution in [0.15, 0.2) is 51.9 Å². The third kappa shape index (κ3) is 3.39. The molecule has 154 valence electrons. The van der Waals surface area contributed by atoms with E-state index in [1.165, 1.54) is 16.9 Å². The zero-order valence-electron chi connectivity index (χ0n) is 16.6. The summed E-state index contributed by atoms with van der Waals surface area (Å²) in [5.74, 6) is 1.26. The molecule has 31 heavy (non-hydrogen) atoms. The first-order valence-electron chi connectivity index (χ1n) is 10.2. The second kappa shape index (κ2) is 7.85. The smallest absolute Gasteiger partial charge is 0.259 e. The highest BCUT2D eigenvalue weighted by Gasteiger charge is 2.20. The Hall–Kier alpha value is -2.55. The van der Waals surface area contributed by atoms with Crippen molar-refractivity contribution in [3.63, 3.8) is 0 Å². The average Bonchev–Trinajstić information content (AvgIpc) is 3.40. The summed E-state index contributed by atoms with van der Waals surface area (Å²) in [5.41, 5.74) is 3.52. The Morgan fingerprint density at radius 3 is 2.81 bits per heavy atom. The number of aromatic amines is 1. The third-order valence-corrected chi connectivity index (χ3v) is 8.71. The van der Waals surface area contributed by atoms with Crippen molar-refractivity contribution in [1.82, 2.24) is 19.9 Å². The lowest BCUT2D eigenvalue weighted by molar-refractivity contribution is 0.700. The molecule has 0 saturated carbocycles. The predicted octanol–water partition coefficient (Wildman–Crippen LogP) is 5.83. The Bertz CT molecular complexity index is 1470. The van der Waals surface area contributed by atoms with Gasteiger partial charge >= 0.3 is 0 Å². The molecule has 0 amide bonds. The predicted molar refractivity (Wildman–Crippen MR) is 129 cm³/mol. The number of H-pyrrole nitrogens is 1. The Morgan fingerprint density at radius 1 is 1.03 bits per heavy atom. The van der Waals surface area contributed by atoms with E-state index in [0.717, 1.165) is 55.8 Å². The summed E-state index contributed by atoms with van der Waals surface area (Å²) in [6.07, 6.45) is 6.04. The second-order valence-electron chi connectivity index (χ2n) is 7.57. The largest absolute Gasteiger partial charge is 0.309 e. The highest BCUT2D eigenvalue weighted by atomic mass is 32.2. The Kier molecular flexibility index (Phi) is 4.85. The van der Waals surface area contributed by atoms with Gasteiger partial charge in [0.05, 0.1) is 16.5 Å². The number of rotatable bonds is 4. The Labute approximate surface area is 190 Å². The molecule has 0 atom stereocenters. The van der Waals surface area contributed by atoms with E-state index in [9.17, 15) is 4.79 Å². The quantitative estimate of drug-likeness (QED) is 0.269. The molecule has 8 heteroatoms. The van der Waals surface area contributed by atoms with Gasteiger partial charge < -0.3 is 4.98 Å². The van der Waals surface area contributed by atoms with Gasteiger partial charge in [0.15, 0.2) is 0 Å². The fourth-order valence-corrected chi connectivity index (χ4v) is 7.35. The first-order valence-corrected chi connectivity index (χ1v) is 12.9. The number of nitrogens with zero attached hydrogens (tertiary/aromatic N) is 3. The van der Waals surface area contributed by atoms with Crippen molar-refractivity contribution in [3.8, 4) is 11.1 Å². The minimum Gasteiger partial charge on any atom is -0.309 e. The van der Waals surface area contributed by atoms with Crippen LogP contribution in [-0.4, -0.2) is 19.9 Å². The summed E-state index contributed by atoms with van der Waals surface area (Å²) in [6.45, 7) is 0. The number of fused-ring (bicyclic) bond motifs is 4. The van der Waals surface area contributed by atoms with E-state index < -0.39 is 0 Å². The number of thiophene rings is 2. The maximum absolute atomic E-state index is 12.8. The molecule has 5 aromatic rings. The van der Waals surface area contributed by atoms with Gasteiger partial charge in [0.25, 0.3) is 5.56 Å². The topological polar surface area (TPSA) is 71.5 Å². The van der Waals surface area contributed by atoms with Crippen LogP contribution >= 0.6 is 34.4 Å². The molecular formula is C23H18N4OS3. The number of benzene rings is 1. The molecule has 0 aliphatic heterocycles. The van der Waals surface area contributed by atoms with E-state index in [4.69, 9.17) is 4.98 Å². The lowest BCUT2D eigenvalue weighted by atomic mass is 9.97. The van der Waals surface area contributed by atoms with Crippen molar-refractivity contribution >= 4 is 54.9 Å². The third-order valence-electron chi connectivity index (χ3n) is 5.64. The van der Waals surface area contributed by atoms with Crippen LogP contribution in [0.3, 0.4) is 0 Å². The van der Waals surface area contributed by atoms with Gasteiger partial charge in [0.2, 0.25) is 0 Å². The van der Waals surface area contributed by atoms with E-state index >= 15 is 0 Å². The molecule has 5 nitrogen and oxygen atoms in total. The van der Waals surface area contributed by atoms with Gasteiger partial charge in [-0.25, -0.2) is 15.0 Å². The summed E-state index contributed by atoms with van der Waals surface area (Å²) in [4.78, 5) is 32.9. The zero-order valence-corrected chi connectivity index (χ0v) is 19.0. The van der Waals surface area contributed by atoms with Crippen LogP contribution in [0.1, 0.15) is 29.1 Å². The Morgan fingerprint density at radius 2 is 1.90 bits per heavy atom. The SMILES string of the molecule is O=c1[nH]c(CSc2ncnc3scc(-c4ccccc4)c23)nc2sc3c(c12)CCCC3. The van der Waals surface area contributed by atoms with E-state index in [2.05, 4.69) is 32.5 Å². The molecule has 1 aromatic carbocycles. The molecule has 0 saturated heterocycles. The molecule has 4 heterocycles. The van der Waals surface area contributed by atoms with Gasteiger partial charge in [-0.1, -0.05) is 42.1 Å². The van der Waals surface area contributed by atoms with Crippen LogP contribution in [0.4, 0.5) is 0 Å². The first kappa shape index (κ1) is 19.2. The minimum absolute atomic E-state index is 0.00616. The van der Waals surface area contributed by atoms with Crippen LogP contribution in [0, 0.1) is 0 Å². The molecule has 0 radical (unpaired) electrons. The van der Waals surface area contributed by atoms with Crippen LogP contribution in [0.5, 0.6) is 0 Å². The van der Waals surface area contributed by atoms with Crippen molar-refractivity contribution in [1.29, 1.82) is 0 Å². The number of hydrogen-bond acceptors (Lipinski definition) is 7. The normalized spacial score (nSPS) is 13.7. The maximum atomic E-state index is 12.8. The number of nitrogens with one attached hydrogen (secondary N) is 1. The monoisotopic (exact) mass is 462 g/mol. The molecular weight excluding hydrogens is 444 g/mol. The summed E-state index contributed by atoms with van der Waals surface area (Å²) in [7, 11) is 0. The molecule has 1 aliphatic rings. The first-order chi connectivity index (χ1) is 15.3. The van der Waals surface area contributed by atoms with Gasteiger partial charge in [-0.2, -0.15) is 0 Å². The van der Waals surface area contributed by atoms with E-state index in [1.54, 1.807) is 40.8 Å². The lowest BCUT2D eigenvalue weighted by Gasteiger charge is -2.09. The van der Waals surface area contributed by atoms with Crippen LogP contribution in [-0.2, 0) is 18.6 Å².